The van der Waals surface area contributed by atoms with Crippen LogP contribution in [0.25, 0.3) is 10.4 Å². The van der Waals surface area contributed by atoms with Gasteiger partial charge >= 0.3 is 0 Å². The SMILES string of the molecule is CCC(C)C(N)CN=[N+]=[N-].Cl. The van der Waals surface area contributed by atoms with E-state index >= 15 is 0 Å². The van der Waals surface area contributed by atoms with Crippen LogP contribution in [0.15, 0.2) is 5.11 Å². The highest BCUT2D eigenvalue weighted by molar-refractivity contribution is 5.85. The zero-order chi connectivity index (χ0) is 7.98. The first-order chi connectivity index (χ1) is 4.72. The third-order valence-corrected chi connectivity index (χ3v) is 1.73. The highest BCUT2D eigenvalue weighted by Gasteiger charge is 2.07. The molecule has 0 saturated heterocycles. The van der Waals surface area contributed by atoms with E-state index in [1.165, 1.54) is 0 Å². The van der Waals surface area contributed by atoms with Gasteiger partial charge in [-0.1, -0.05) is 25.4 Å². The van der Waals surface area contributed by atoms with Gasteiger partial charge in [-0.15, -0.1) is 12.4 Å². The summed E-state index contributed by atoms with van der Waals surface area (Å²) >= 11 is 0. The van der Waals surface area contributed by atoms with Crippen LogP contribution in [0.4, 0.5) is 0 Å². The minimum absolute atomic E-state index is 0. The Morgan fingerprint density at radius 2 is 2.18 bits per heavy atom. The van der Waals surface area contributed by atoms with Gasteiger partial charge in [-0.05, 0) is 11.4 Å². The first-order valence-corrected chi connectivity index (χ1v) is 3.48. The first-order valence-electron chi connectivity index (χ1n) is 3.48. The molecule has 5 heteroatoms. The van der Waals surface area contributed by atoms with Gasteiger partial charge in [0.05, 0.1) is 0 Å². The Morgan fingerprint density at radius 3 is 2.55 bits per heavy atom. The molecule has 0 rings (SSSR count). The molecule has 2 N–H and O–H groups in total. The lowest BCUT2D eigenvalue weighted by atomic mass is 10.0. The van der Waals surface area contributed by atoms with Crippen molar-refractivity contribution in [3.05, 3.63) is 10.4 Å². The van der Waals surface area contributed by atoms with Gasteiger partial charge in [0.15, 0.2) is 0 Å². The third kappa shape index (κ3) is 5.98. The molecular formula is C6H15ClN4. The summed E-state index contributed by atoms with van der Waals surface area (Å²) in [4.78, 5) is 2.64. The van der Waals surface area contributed by atoms with E-state index in [0.29, 0.717) is 12.5 Å². The van der Waals surface area contributed by atoms with Crippen molar-refractivity contribution in [2.75, 3.05) is 6.54 Å². The van der Waals surface area contributed by atoms with Crippen LogP contribution in [0.1, 0.15) is 20.3 Å². The fraction of sp³-hybridized carbons (Fsp3) is 1.00. The van der Waals surface area contributed by atoms with Gasteiger partial charge in [0.2, 0.25) is 0 Å². The molecule has 0 heterocycles. The van der Waals surface area contributed by atoms with Crippen molar-refractivity contribution in [1.82, 2.24) is 0 Å². The van der Waals surface area contributed by atoms with E-state index in [0.717, 1.165) is 6.42 Å². The Labute approximate surface area is 73.2 Å². The highest BCUT2D eigenvalue weighted by atomic mass is 35.5. The highest BCUT2D eigenvalue weighted by Crippen LogP contribution is 2.04. The zero-order valence-corrected chi connectivity index (χ0v) is 7.71. The first kappa shape index (κ1) is 13.2. The van der Waals surface area contributed by atoms with Gasteiger partial charge in [0, 0.05) is 17.5 Å². The summed E-state index contributed by atoms with van der Waals surface area (Å²) < 4.78 is 0. The molecule has 0 aromatic rings. The molecule has 0 spiro atoms. The van der Waals surface area contributed by atoms with Crippen molar-refractivity contribution < 1.29 is 0 Å². The molecular weight excluding hydrogens is 164 g/mol. The summed E-state index contributed by atoms with van der Waals surface area (Å²) in [7, 11) is 0. The third-order valence-electron chi connectivity index (χ3n) is 1.73. The van der Waals surface area contributed by atoms with Gasteiger partial charge in [0.1, 0.15) is 0 Å². The van der Waals surface area contributed by atoms with Gasteiger partial charge in [-0.3, -0.25) is 0 Å². The maximum atomic E-state index is 7.97. The molecule has 66 valence electrons. The van der Waals surface area contributed by atoms with Crippen molar-refractivity contribution >= 4 is 12.4 Å². The Bertz CT molecular complexity index is 133. The Balaban J connectivity index is 0. The second kappa shape index (κ2) is 7.66. The number of hydrogen-bond acceptors (Lipinski definition) is 2. The number of halogens is 1. The topological polar surface area (TPSA) is 74.8 Å². The van der Waals surface area contributed by atoms with E-state index in [1.807, 2.05) is 0 Å². The molecule has 0 aromatic carbocycles. The van der Waals surface area contributed by atoms with Crippen LogP contribution < -0.4 is 5.73 Å². The van der Waals surface area contributed by atoms with Gasteiger partial charge < -0.3 is 5.73 Å². The summed E-state index contributed by atoms with van der Waals surface area (Å²) in [5.41, 5.74) is 13.6. The molecule has 0 radical (unpaired) electrons. The summed E-state index contributed by atoms with van der Waals surface area (Å²) in [5.74, 6) is 0.436. The van der Waals surface area contributed by atoms with E-state index in [2.05, 4.69) is 23.9 Å². The summed E-state index contributed by atoms with van der Waals surface area (Å²) in [6.07, 6.45) is 1.03. The molecule has 0 aromatic heterocycles. The summed E-state index contributed by atoms with van der Waals surface area (Å²) in [6, 6.07) is 0.0147. The normalized spacial score (nSPS) is 14.1. The van der Waals surface area contributed by atoms with Crippen molar-refractivity contribution in [2.45, 2.75) is 26.3 Å². The molecule has 0 bridgehead atoms. The number of rotatable bonds is 4. The largest absolute Gasteiger partial charge is 0.327 e. The lowest BCUT2D eigenvalue weighted by molar-refractivity contribution is 0.449. The van der Waals surface area contributed by atoms with Crippen molar-refractivity contribution in [3.63, 3.8) is 0 Å². The molecule has 0 aliphatic heterocycles. The maximum Gasteiger partial charge on any atom is 0.0412 e. The van der Waals surface area contributed by atoms with Gasteiger partial charge in [-0.25, -0.2) is 0 Å². The van der Waals surface area contributed by atoms with E-state index < -0.39 is 0 Å². The molecule has 4 nitrogen and oxygen atoms in total. The number of nitrogens with two attached hydrogens (primary N) is 1. The van der Waals surface area contributed by atoms with Crippen LogP contribution in [0.3, 0.4) is 0 Å². The maximum absolute atomic E-state index is 7.97. The molecule has 0 saturated carbocycles. The predicted octanol–water partition coefficient (Wildman–Crippen LogP) is 2.09. The average molecular weight is 179 g/mol. The molecule has 0 fully saturated rings. The minimum atomic E-state index is 0. The predicted molar refractivity (Wildman–Crippen MR) is 48.7 cm³/mol. The van der Waals surface area contributed by atoms with Crippen molar-refractivity contribution in [2.24, 2.45) is 16.8 Å². The summed E-state index contributed by atoms with van der Waals surface area (Å²) in [5, 5.41) is 3.40. The Kier molecular flexibility index (Phi) is 9.18. The quantitative estimate of drug-likeness (QED) is 0.400. The van der Waals surface area contributed by atoms with Crippen molar-refractivity contribution in [3.8, 4) is 0 Å². The standard InChI is InChI=1S/C6H14N4.ClH/c1-3-5(2)6(7)4-9-10-8;/h5-6H,3-4,7H2,1-2H3;1H. The molecule has 0 aliphatic rings. The monoisotopic (exact) mass is 178 g/mol. The molecule has 2 atom stereocenters. The van der Waals surface area contributed by atoms with E-state index in [-0.39, 0.29) is 18.4 Å². The van der Waals surface area contributed by atoms with Crippen LogP contribution >= 0.6 is 12.4 Å². The zero-order valence-electron chi connectivity index (χ0n) is 6.90. The number of nitrogens with zero attached hydrogens (tertiary/aromatic N) is 3. The number of hydrogen-bond donors (Lipinski definition) is 1. The van der Waals surface area contributed by atoms with Crippen molar-refractivity contribution in [1.29, 1.82) is 0 Å². The fourth-order valence-electron chi connectivity index (χ4n) is 0.613. The summed E-state index contributed by atoms with van der Waals surface area (Å²) in [6.45, 7) is 4.53. The Hall–Kier alpha value is -0.440. The van der Waals surface area contributed by atoms with Crippen LogP contribution in [0.5, 0.6) is 0 Å². The molecule has 0 aliphatic carbocycles. The smallest absolute Gasteiger partial charge is 0.0412 e. The van der Waals surface area contributed by atoms with Crippen LogP contribution in [-0.2, 0) is 0 Å². The number of azide groups is 1. The second-order valence-electron chi connectivity index (χ2n) is 2.46. The van der Waals surface area contributed by atoms with Crippen LogP contribution in [0.2, 0.25) is 0 Å². The van der Waals surface area contributed by atoms with E-state index in [9.17, 15) is 0 Å². The van der Waals surface area contributed by atoms with Gasteiger partial charge in [-0.2, -0.15) is 0 Å². The Morgan fingerprint density at radius 1 is 1.64 bits per heavy atom. The van der Waals surface area contributed by atoms with E-state index in [4.69, 9.17) is 11.3 Å². The molecule has 11 heavy (non-hydrogen) atoms. The minimum Gasteiger partial charge on any atom is -0.327 e. The van der Waals surface area contributed by atoms with Crippen LogP contribution in [0, 0.1) is 5.92 Å². The lowest BCUT2D eigenvalue weighted by Gasteiger charge is -2.14. The van der Waals surface area contributed by atoms with E-state index in [1.54, 1.807) is 0 Å². The average Bonchev–Trinajstić information content (AvgIpc) is 1.98. The lowest BCUT2D eigenvalue weighted by Crippen LogP contribution is -2.30. The van der Waals surface area contributed by atoms with Crippen LogP contribution in [-0.4, -0.2) is 12.6 Å². The molecule has 0 amide bonds. The molecule has 2 unspecified atom stereocenters. The van der Waals surface area contributed by atoms with Gasteiger partial charge in [0.25, 0.3) is 0 Å². The fourth-order valence-corrected chi connectivity index (χ4v) is 0.613. The second-order valence-corrected chi connectivity index (χ2v) is 2.46.